The van der Waals surface area contributed by atoms with Crippen molar-refractivity contribution in [3.05, 3.63) is 77.8 Å². The van der Waals surface area contributed by atoms with Crippen molar-refractivity contribution in [1.29, 1.82) is 0 Å². The van der Waals surface area contributed by atoms with Crippen molar-refractivity contribution in [3.63, 3.8) is 0 Å². The topological polar surface area (TPSA) is 113 Å². The highest BCUT2D eigenvalue weighted by atomic mass is 32.1. The molecule has 3 heterocycles. The first kappa shape index (κ1) is 27.0. The fourth-order valence-corrected chi connectivity index (χ4v) is 3.86. The Labute approximate surface area is 215 Å². The maximum Gasteiger partial charge on any atom is 0.251 e. The van der Waals surface area contributed by atoms with Gasteiger partial charge in [0.15, 0.2) is 0 Å². The van der Waals surface area contributed by atoms with Crippen molar-refractivity contribution >= 4 is 36.1 Å². The molecule has 0 spiro atoms. The van der Waals surface area contributed by atoms with Gasteiger partial charge in [0.1, 0.15) is 23.6 Å². The van der Waals surface area contributed by atoms with Gasteiger partial charge < -0.3 is 15.7 Å². The molecule has 0 bridgehead atoms. The van der Waals surface area contributed by atoms with Crippen LogP contribution in [0.4, 0.5) is 10.2 Å². The van der Waals surface area contributed by atoms with E-state index in [1.807, 2.05) is 19.1 Å². The summed E-state index contributed by atoms with van der Waals surface area (Å²) >= 11 is 0. The molecular formula is C26H29FN6O2S. The van der Waals surface area contributed by atoms with Crippen LogP contribution in [-0.4, -0.2) is 44.5 Å². The summed E-state index contributed by atoms with van der Waals surface area (Å²) in [5.41, 5.74) is 2.57. The third kappa shape index (κ3) is 5.60. The lowest BCUT2D eigenvalue weighted by atomic mass is 9.95. The van der Waals surface area contributed by atoms with E-state index in [0.717, 1.165) is 11.1 Å². The third-order valence-electron chi connectivity index (χ3n) is 5.82. The average Bonchev–Trinajstić information content (AvgIpc) is 2.86. The molecule has 0 aliphatic rings. The van der Waals surface area contributed by atoms with Crippen LogP contribution < -0.4 is 10.6 Å². The van der Waals surface area contributed by atoms with Crippen molar-refractivity contribution < 1.29 is 14.3 Å². The van der Waals surface area contributed by atoms with Gasteiger partial charge in [-0.3, -0.25) is 14.8 Å². The molecule has 10 heteroatoms. The number of fused-ring (bicyclic) bond motifs is 1. The van der Waals surface area contributed by atoms with Gasteiger partial charge in [-0.15, -0.1) is 0 Å². The van der Waals surface area contributed by atoms with Crippen molar-refractivity contribution in [2.24, 2.45) is 0 Å². The van der Waals surface area contributed by atoms with Gasteiger partial charge in [-0.25, -0.2) is 14.4 Å². The fourth-order valence-electron chi connectivity index (χ4n) is 3.86. The van der Waals surface area contributed by atoms with Crippen LogP contribution in [-0.2, 0) is 5.60 Å². The molecular weight excluding hydrogens is 479 g/mol. The summed E-state index contributed by atoms with van der Waals surface area (Å²) in [7, 11) is 1.51. The molecule has 1 atom stereocenters. The highest BCUT2D eigenvalue weighted by Gasteiger charge is 2.19. The number of aliphatic hydroxyl groups is 1. The number of nitrogens with one attached hydrogen (secondary N) is 2. The Kier molecular flexibility index (Phi) is 8.21. The van der Waals surface area contributed by atoms with Crippen LogP contribution >= 0.6 is 13.5 Å². The van der Waals surface area contributed by atoms with E-state index in [-0.39, 0.29) is 36.3 Å². The fraction of sp³-hybridized carbons (Fsp3) is 0.269. The molecule has 0 aliphatic carbocycles. The molecule has 1 aromatic carbocycles. The van der Waals surface area contributed by atoms with E-state index in [1.165, 1.54) is 31.7 Å². The molecule has 0 radical (unpaired) electrons. The van der Waals surface area contributed by atoms with Gasteiger partial charge in [-0.05, 0) is 43.7 Å². The Hall–Kier alpha value is -3.63. The summed E-state index contributed by atoms with van der Waals surface area (Å²) in [6.45, 7) is 5.86. The first-order valence-corrected chi connectivity index (χ1v) is 11.2. The number of pyridine rings is 2. The van der Waals surface area contributed by atoms with E-state index in [1.54, 1.807) is 32.2 Å². The van der Waals surface area contributed by atoms with Crippen LogP contribution in [0.5, 0.6) is 0 Å². The second kappa shape index (κ2) is 11.0. The Morgan fingerprint density at radius 1 is 1.11 bits per heavy atom. The second-order valence-corrected chi connectivity index (χ2v) is 8.86. The lowest BCUT2D eigenvalue weighted by Crippen LogP contribution is -2.19. The number of aromatic nitrogens is 4. The van der Waals surface area contributed by atoms with Crippen LogP contribution in [0.1, 0.15) is 48.3 Å². The van der Waals surface area contributed by atoms with Gasteiger partial charge in [-0.1, -0.05) is 13.0 Å². The average molecular weight is 509 g/mol. The van der Waals surface area contributed by atoms with Crippen LogP contribution in [0.2, 0.25) is 0 Å². The molecule has 0 saturated heterocycles. The normalized spacial score (nSPS) is 12.1. The van der Waals surface area contributed by atoms with Gasteiger partial charge >= 0.3 is 0 Å². The highest BCUT2D eigenvalue weighted by Crippen LogP contribution is 2.29. The monoisotopic (exact) mass is 508 g/mol. The van der Waals surface area contributed by atoms with Crippen LogP contribution in [0.25, 0.3) is 22.2 Å². The van der Waals surface area contributed by atoms with Crippen LogP contribution in [0.3, 0.4) is 0 Å². The number of benzene rings is 1. The van der Waals surface area contributed by atoms with Gasteiger partial charge in [0.2, 0.25) is 0 Å². The molecule has 1 amide bonds. The highest BCUT2D eigenvalue weighted by molar-refractivity contribution is 7.59. The minimum atomic E-state index is -1.02. The zero-order valence-electron chi connectivity index (χ0n) is 20.5. The molecule has 36 heavy (non-hydrogen) atoms. The van der Waals surface area contributed by atoms with E-state index >= 15 is 0 Å². The number of nitrogens with zero attached hydrogens (tertiary/aromatic N) is 4. The van der Waals surface area contributed by atoms with Crippen molar-refractivity contribution in [2.75, 3.05) is 18.9 Å². The summed E-state index contributed by atoms with van der Waals surface area (Å²) in [6.07, 6.45) is 4.66. The molecule has 0 unspecified atom stereocenters. The van der Waals surface area contributed by atoms with E-state index in [4.69, 9.17) is 0 Å². The molecule has 4 aromatic rings. The quantitative estimate of drug-likeness (QED) is 0.344. The molecule has 0 saturated carbocycles. The van der Waals surface area contributed by atoms with Crippen molar-refractivity contribution in [1.82, 2.24) is 25.3 Å². The van der Waals surface area contributed by atoms with Crippen LogP contribution in [0.15, 0.2) is 55.1 Å². The van der Waals surface area contributed by atoms with Crippen molar-refractivity contribution in [3.8, 4) is 11.3 Å². The number of halogens is 1. The van der Waals surface area contributed by atoms with Crippen molar-refractivity contribution in [2.45, 2.75) is 32.3 Å². The lowest BCUT2D eigenvalue weighted by Gasteiger charge is -2.17. The maximum atomic E-state index is 14.7. The first-order chi connectivity index (χ1) is 16.7. The predicted molar refractivity (Wildman–Crippen MR) is 143 cm³/mol. The van der Waals surface area contributed by atoms with Gasteiger partial charge in [-0.2, -0.15) is 13.5 Å². The van der Waals surface area contributed by atoms with Gasteiger partial charge in [0.05, 0.1) is 22.5 Å². The Morgan fingerprint density at radius 2 is 1.89 bits per heavy atom. The molecule has 0 fully saturated rings. The predicted octanol–water partition coefficient (Wildman–Crippen LogP) is 4.14. The summed E-state index contributed by atoms with van der Waals surface area (Å²) in [5.74, 6) is -0.284. The van der Waals surface area contributed by atoms with E-state index in [9.17, 15) is 14.3 Å². The molecule has 8 nitrogen and oxygen atoms in total. The summed E-state index contributed by atoms with van der Waals surface area (Å²) < 4.78 is 14.7. The smallest absolute Gasteiger partial charge is 0.251 e. The number of hydrogen-bond donors (Lipinski definition) is 3. The number of carbonyl (C=O) groups is 1. The zero-order valence-corrected chi connectivity index (χ0v) is 21.5. The minimum Gasteiger partial charge on any atom is -0.384 e. The van der Waals surface area contributed by atoms with E-state index in [0.29, 0.717) is 29.3 Å². The minimum absolute atomic E-state index is 0. The van der Waals surface area contributed by atoms with Gasteiger partial charge in [0, 0.05) is 48.9 Å². The van der Waals surface area contributed by atoms with Crippen LogP contribution in [0, 0.1) is 5.82 Å². The molecule has 0 aliphatic heterocycles. The van der Waals surface area contributed by atoms with Gasteiger partial charge in [0.25, 0.3) is 5.91 Å². The lowest BCUT2D eigenvalue weighted by molar-refractivity contribution is 0.0738. The number of hydrogen-bond acceptors (Lipinski definition) is 7. The standard InChI is InChI=1S/C26H27FN6O2.H2S/c1-15(17-6-7-19(27)23-18(25(34)28-4)9-10-29-24(17)23)12-31-22-11-20(32-14-33-22)16-5-8-21(30-13-16)26(2,3)35;/h5-11,13-15,35H,12H2,1-4H3,(H,28,34)(H,31,32,33);1H2/t15-;/m1./s1. The van der Waals surface area contributed by atoms with E-state index < -0.39 is 11.4 Å². The first-order valence-electron chi connectivity index (χ1n) is 11.2. The zero-order chi connectivity index (χ0) is 25.2. The third-order valence-corrected chi connectivity index (χ3v) is 5.82. The van der Waals surface area contributed by atoms with E-state index in [2.05, 4.69) is 30.6 Å². The SMILES string of the molecule is CNC(=O)c1ccnc2c([C@H](C)CNc3cc(-c4ccc(C(C)(C)O)nc4)ncn3)ccc(F)c12.S. The molecule has 188 valence electrons. The Morgan fingerprint density at radius 3 is 2.56 bits per heavy atom. The number of carbonyl (C=O) groups excluding carboxylic acids is 1. The summed E-state index contributed by atoms with van der Waals surface area (Å²) in [6, 6.07) is 10.0. The number of amides is 1. The Bertz CT molecular complexity index is 1380. The number of anilines is 1. The maximum absolute atomic E-state index is 14.7. The Balaban J connectivity index is 0.00000361. The number of rotatable bonds is 7. The summed E-state index contributed by atoms with van der Waals surface area (Å²) in [4.78, 5) is 29.6. The second-order valence-electron chi connectivity index (χ2n) is 8.86. The summed E-state index contributed by atoms with van der Waals surface area (Å²) in [5, 5.41) is 16.2. The molecule has 4 rings (SSSR count). The largest absolute Gasteiger partial charge is 0.384 e. The molecule has 3 N–H and O–H groups in total. The molecule has 3 aromatic heterocycles.